The summed E-state index contributed by atoms with van der Waals surface area (Å²) in [6.07, 6.45) is 3.80. The van der Waals surface area contributed by atoms with Crippen molar-refractivity contribution >= 4 is 17.4 Å². The molecular formula is C26H36N2OS. The van der Waals surface area contributed by atoms with Crippen molar-refractivity contribution in [2.24, 2.45) is 5.92 Å². The van der Waals surface area contributed by atoms with E-state index in [0.717, 1.165) is 25.5 Å². The van der Waals surface area contributed by atoms with Crippen LogP contribution in [0.5, 0.6) is 0 Å². The Morgan fingerprint density at radius 2 is 1.70 bits per heavy atom. The molecule has 0 aromatic heterocycles. The van der Waals surface area contributed by atoms with E-state index in [2.05, 4.69) is 78.2 Å². The molecule has 162 valence electrons. The van der Waals surface area contributed by atoms with Crippen LogP contribution in [0.1, 0.15) is 44.7 Å². The summed E-state index contributed by atoms with van der Waals surface area (Å²) in [5.74, 6) is 1.74. The van der Waals surface area contributed by atoms with Gasteiger partial charge in [0.1, 0.15) is 0 Å². The van der Waals surface area contributed by atoms with Crippen LogP contribution in [-0.2, 0) is 4.74 Å². The number of anilines is 1. The normalized spacial score (nSPS) is 20.9. The number of nitrogens with zero attached hydrogens (tertiary/aromatic N) is 2. The van der Waals surface area contributed by atoms with E-state index in [9.17, 15) is 0 Å². The van der Waals surface area contributed by atoms with Crippen molar-refractivity contribution in [1.82, 2.24) is 4.90 Å². The minimum absolute atomic E-state index is 0.414. The second-order valence-electron chi connectivity index (χ2n) is 9.01. The van der Waals surface area contributed by atoms with Gasteiger partial charge in [0.15, 0.2) is 0 Å². The molecule has 4 heteroatoms. The first-order chi connectivity index (χ1) is 14.7. The lowest BCUT2D eigenvalue weighted by atomic mass is 10.0. The lowest BCUT2D eigenvalue weighted by Crippen LogP contribution is -2.47. The third kappa shape index (κ3) is 5.40. The number of hydrogen-bond acceptors (Lipinski definition) is 4. The van der Waals surface area contributed by atoms with E-state index in [1.807, 2.05) is 11.8 Å². The van der Waals surface area contributed by atoms with E-state index in [1.165, 1.54) is 48.5 Å². The van der Waals surface area contributed by atoms with Gasteiger partial charge in [-0.3, -0.25) is 4.90 Å². The smallest absolute Gasteiger partial charge is 0.0639 e. The summed E-state index contributed by atoms with van der Waals surface area (Å²) in [7, 11) is 0. The van der Waals surface area contributed by atoms with Gasteiger partial charge in [-0.05, 0) is 56.0 Å². The molecule has 0 spiro atoms. The van der Waals surface area contributed by atoms with Crippen LogP contribution in [0.25, 0.3) is 0 Å². The monoisotopic (exact) mass is 424 g/mol. The molecule has 30 heavy (non-hydrogen) atoms. The van der Waals surface area contributed by atoms with Gasteiger partial charge in [-0.25, -0.2) is 0 Å². The Morgan fingerprint density at radius 1 is 0.967 bits per heavy atom. The van der Waals surface area contributed by atoms with E-state index in [1.54, 1.807) is 0 Å². The third-order valence-electron chi connectivity index (χ3n) is 6.21. The van der Waals surface area contributed by atoms with E-state index in [0.29, 0.717) is 18.0 Å². The van der Waals surface area contributed by atoms with Crippen LogP contribution >= 0.6 is 11.8 Å². The van der Waals surface area contributed by atoms with Crippen LogP contribution < -0.4 is 4.90 Å². The van der Waals surface area contributed by atoms with Crippen LogP contribution in [-0.4, -0.2) is 49.5 Å². The number of likely N-dealkylation sites (tertiary alicyclic amines) is 1. The minimum Gasteiger partial charge on any atom is -0.379 e. The molecule has 1 saturated heterocycles. The number of fused-ring (bicyclic) bond motifs is 1. The second kappa shape index (κ2) is 10.7. The Labute approximate surface area is 186 Å². The molecule has 2 aliphatic heterocycles. The molecule has 0 saturated carbocycles. The summed E-state index contributed by atoms with van der Waals surface area (Å²) in [4.78, 5) is 6.77. The molecule has 0 aliphatic carbocycles. The van der Waals surface area contributed by atoms with Gasteiger partial charge < -0.3 is 9.64 Å². The summed E-state index contributed by atoms with van der Waals surface area (Å²) in [6, 6.07) is 20.9. The molecule has 4 rings (SSSR count). The molecule has 2 unspecified atom stereocenters. The summed E-state index contributed by atoms with van der Waals surface area (Å²) in [6.45, 7) is 9.57. The van der Waals surface area contributed by atoms with Crippen LogP contribution in [0, 0.1) is 5.92 Å². The maximum absolute atomic E-state index is 6.20. The maximum Gasteiger partial charge on any atom is 0.0639 e. The van der Waals surface area contributed by atoms with Crippen LogP contribution in [0.2, 0.25) is 0 Å². The highest BCUT2D eigenvalue weighted by Gasteiger charge is 2.31. The molecule has 0 radical (unpaired) electrons. The van der Waals surface area contributed by atoms with Gasteiger partial charge in [-0.1, -0.05) is 56.3 Å². The molecule has 2 heterocycles. The highest BCUT2D eigenvalue weighted by Crippen LogP contribution is 2.41. The molecule has 2 aromatic rings. The van der Waals surface area contributed by atoms with Gasteiger partial charge in [-0.15, -0.1) is 11.8 Å². The van der Waals surface area contributed by atoms with Gasteiger partial charge >= 0.3 is 0 Å². The van der Waals surface area contributed by atoms with Crippen LogP contribution in [0.3, 0.4) is 0 Å². The number of para-hydroxylation sites is 1. The highest BCUT2D eigenvalue weighted by atomic mass is 32.2. The molecule has 2 aromatic carbocycles. The fraction of sp³-hybridized carbons (Fsp3) is 0.538. The summed E-state index contributed by atoms with van der Waals surface area (Å²) in [5.41, 5.74) is 2.82. The maximum atomic E-state index is 6.20. The van der Waals surface area contributed by atoms with E-state index >= 15 is 0 Å². The quantitative estimate of drug-likeness (QED) is 0.526. The molecule has 3 nitrogen and oxygen atoms in total. The van der Waals surface area contributed by atoms with Crippen molar-refractivity contribution in [1.29, 1.82) is 0 Å². The third-order valence-corrected chi connectivity index (χ3v) is 7.31. The number of thioether (sulfide) groups is 1. The molecular weight excluding hydrogens is 388 g/mol. The molecule has 2 atom stereocenters. The van der Waals surface area contributed by atoms with Crippen LogP contribution in [0.15, 0.2) is 59.5 Å². The Morgan fingerprint density at radius 3 is 2.47 bits per heavy atom. The average molecular weight is 425 g/mol. The first-order valence-corrected chi connectivity index (χ1v) is 12.6. The predicted molar refractivity (Wildman–Crippen MR) is 129 cm³/mol. The van der Waals surface area contributed by atoms with Crippen LogP contribution in [0.4, 0.5) is 5.69 Å². The Bertz CT molecular complexity index is 776. The minimum atomic E-state index is 0.414. The second-order valence-corrected chi connectivity index (χ2v) is 10.1. The lowest BCUT2D eigenvalue weighted by Gasteiger charge is -2.39. The average Bonchev–Trinajstić information content (AvgIpc) is 3.23. The van der Waals surface area contributed by atoms with E-state index in [-0.39, 0.29) is 0 Å². The number of rotatable bonds is 8. The first kappa shape index (κ1) is 21.7. The highest BCUT2D eigenvalue weighted by molar-refractivity contribution is 7.99. The van der Waals surface area contributed by atoms with Crippen molar-refractivity contribution in [2.75, 3.05) is 43.5 Å². The van der Waals surface area contributed by atoms with Crippen molar-refractivity contribution in [3.8, 4) is 0 Å². The molecule has 0 N–H and O–H groups in total. The Kier molecular flexibility index (Phi) is 7.75. The lowest BCUT2D eigenvalue weighted by molar-refractivity contribution is 0.0562. The van der Waals surface area contributed by atoms with Gasteiger partial charge in [0.05, 0.1) is 24.4 Å². The molecule has 0 bridgehead atoms. The fourth-order valence-electron chi connectivity index (χ4n) is 4.72. The number of benzene rings is 2. The van der Waals surface area contributed by atoms with E-state index < -0.39 is 0 Å². The number of ether oxygens (including phenoxy) is 1. The van der Waals surface area contributed by atoms with Crippen molar-refractivity contribution < 1.29 is 4.74 Å². The fourth-order valence-corrected chi connectivity index (χ4v) is 5.78. The van der Waals surface area contributed by atoms with Gasteiger partial charge in [0, 0.05) is 23.8 Å². The van der Waals surface area contributed by atoms with Crippen molar-refractivity contribution in [3.05, 3.63) is 60.2 Å². The zero-order chi connectivity index (χ0) is 20.8. The molecule has 2 aliphatic rings. The Hall–Kier alpha value is -1.49. The van der Waals surface area contributed by atoms with Gasteiger partial charge in [-0.2, -0.15) is 0 Å². The zero-order valence-electron chi connectivity index (χ0n) is 18.5. The van der Waals surface area contributed by atoms with Gasteiger partial charge in [0.25, 0.3) is 0 Å². The topological polar surface area (TPSA) is 15.7 Å². The van der Waals surface area contributed by atoms with E-state index in [4.69, 9.17) is 4.74 Å². The Balaban J connectivity index is 1.63. The summed E-state index contributed by atoms with van der Waals surface area (Å²) < 4.78 is 6.20. The SMILES string of the molecule is CC(C)COCC(CN1c2ccccc2SCCC1c1ccccc1)N1CCCC1. The summed E-state index contributed by atoms with van der Waals surface area (Å²) >= 11 is 2.01. The summed E-state index contributed by atoms with van der Waals surface area (Å²) in [5, 5.41) is 0. The van der Waals surface area contributed by atoms with Crippen molar-refractivity contribution in [2.45, 2.75) is 50.1 Å². The van der Waals surface area contributed by atoms with Gasteiger partial charge in [0.2, 0.25) is 0 Å². The first-order valence-electron chi connectivity index (χ1n) is 11.6. The standard InChI is InChI=1S/C26H36N2OS/c1-21(2)19-29-20-23(27-15-8-9-16-27)18-28-24(22-10-4-3-5-11-22)14-17-30-26-13-7-6-12-25(26)28/h3-7,10-13,21,23-24H,8-9,14-20H2,1-2H3. The molecule has 0 amide bonds. The largest absolute Gasteiger partial charge is 0.379 e. The van der Waals surface area contributed by atoms with Crippen molar-refractivity contribution in [3.63, 3.8) is 0 Å². The number of hydrogen-bond donors (Lipinski definition) is 0. The predicted octanol–water partition coefficient (Wildman–Crippen LogP) is 5.87. The zero-order valence-corrected chi connectivity index (χ0v) is 19.3. The molecule has 1 fully saturated rings.